The van der Waals surface area contributed by atoms with Gasteiger partial charge in [0.25, 0.3) is 0 Å². The van der Waals surface area contributed by atoms with Crippen molar-refractivity contribution in [1.29, 1.82) is 0 Å². The molecule has 1 aromatic carbocycles. The van der Waals surface area contributed by atoms with Crippen molar-refractivity contribution >= 4 is 0 Å². The van der Waals surface area contributed by atoms with E-state index in [1.54, 1.807) is 18.4 Å². The number of furan rings is 1. The molecule has 3 rings (SSSR count). The largest absolute Gasteiger partial charge is 0.469 e. The Kier molecular flexibility index (Phi) is 4.44. The van der Waals surface area contributed by atoms with Gasteiger partial charge in [-0.05, 0) is 29.8 Å². The van der Waals surface area contributed by atoms with Crippen molar-refractivity contribution in [1.82, 2.24) is 0 Å². The summed E-state index contributed by atoms with van der Waals surface area (Å²) >= 11 is 0. The molecule has 118 valence electrons. The monoisotopic (exact) mass is 306 g/mol. The number of benzene rings is 1. The van der Waals surface area contributed by atoms with Gasteiger partial charge in [-0.2, -0.15) is 0 Å². The third-order valence-corrected chi connectivity index (χ3v) is 3.59. The van der Waals surface area contributed by atoms with Gasteiger partial charge in [-0.25, -0.2) is 0 Å². The lowest BCUT2D eigenvalue weighted by Crippen LogP contribution is -2.54. The number of aliphatic hydroxyl groups excluding tert-OH is 3. The molecule has 2 heterocycles. The van der Waals surface area contributed by atoms with Gasteiger partial charge in [0, 0.05) is 6.42 Å². The molecule has 2 aromatic rings. The summed E-state index contributed by atoms with van der Waals surface area (Å²) in [4.78, 5) is 0. The fraction of sp³-hybridized carbons (Fsp3) is 0.375. The van der Waals surface area contributed by atoms with Crippen LogP contribution in [0, 0.1) is 0 Å². The van der Waals surface area contributed by atoms with Crippen LogP contribution in [0.4, 0.5) is 0 Å². The lowest BCUT2D eigenvalue weighted by Gasteiger charge is -2.34. The van der Waals surface area contributed by atoms with Gasteiger partial charge in [-0.3, -0.25) is 0 Å². The first-order valence-corrected chi connectivity index (χ1v) is 7.07. The highest BCUT2D eigenvalue weighted by atomic mass is 16.7. The van der Waals surface area contributed by atoms with E-state index in [-0.39, 0.29) is 6.61 Å². The fourth-order valence-electron chi connectivity index (χ4n) is 2.32. The quantitative estimate of drug-likeness (QED) is 0.769. The van der Waals surface area contributed by atoms with E-state index in [0.717, 1.165) is 11.3 Å². The lowest BCUT2D eigenvalue weighted by atomic mass is 10.1. The lowest BCUT2D eigenvalue weighted by molar-refractivity contribution is -0.242. The highest BCUT2D eigenvalue weighted by molar-refractivity contribution is 5.29. The maximum Gasteiger partial charge on any atom is 0.228 e. The molecule has 22 heavy (non-hydrogen) atoms. The van der Waals surface area contributed by atoms with E-state index in [4.69, 9.17) is 13.9 Å². The fourth-order valence-corrected chi connectivity index (χ4v) is 2.32. The Labute approximate surface area is 127 Å². The van der Waals surface area contributed by atoms with Crippen LogP contribution in [-0.4, -0.2) is 46.5 Å². The van der Waals surface area contributed by atoms with Crippen molar-refractivity contribution < 1.29 is 29.2 Å². The summed E-state index contributed by atoms with van der Waals surface area (Å²) in [6.45, 7) is -0.0839. The van der Waals surface area contributed by atoms with Crippen molar-refractivity contribution in [3.05, 3.63) is 54.0 Å². The second-order valence-electron chi connectivity index (χ2n) is 5.27. The zero-order valence-corrected chi connectivity index (χ0v) is 11.8. The molecule has 1 saturated heterocycles. The Morgan fingerprint density at radius 2 is 1.82 bits per heavy atom. The molecule has 6 nitrogen and oxygen atoms in total. The molecular formula is C16H18O6. The van der Waals surface area contributed by atoms with Crippen molar-refractivity contribution in [2.45, 2.75) is 31.0 Å². The molecule has 0 saturated carbocycles. The first-order chi connectivity index (χ1) is 10.6. The molecule has 6 heteroatoms. The molecule has 1 aromatic heterocycles. The topological polar surface area (TPSA) is 92.3 Å². The van der Waals surface area contributed by atoms with Crippen LogP contribution in [0.2, 0.25) is 0 Å². The van der Waals surface area contributed by atoms with Gasteiger partial charge in [-0.1, -0.05) is 12.1 Å². The second-order valence-corrected chi connectivity index (χ2v) is 5.27. The van der Waals surface area contributed by atoms with Crippen LogP contribution in [0.1, 0.15) is 11.3 Å². The SMILES string of the molecule is O[C@@H]1[C@@H](O)[C@H](Oc2ccc(Cc3ccco3)cc2)OC[C@@H]1O. The van der Waals surface area contributed by atoms with E-state index in [2.05, 4.69) is 0 Å². The van der Waals surface area contributed by atoms with Crippen molar-refractivity contribution in [3.8, 4) is 5.75 Å². The van der Waals surface area contributed by atoms with Crippen LogP contribution in [0.25, 0.3) is 0 Å². The average molecular weight is 306 g/mol. The van der Waals surface area contributed by atoms with Gasteiger partial charge >= 0.3 is 0 Å². The van der Waals surface area contributed by atoms with E-state index < -0.39 is 24.6 Å². The van der Waals surface area contributed by atoms with E-state index >= 15 is 0 Å². The third kappa shape index (κ3) is 3.31. The second kappa shape index (κ2) is 6.50. The van der Waals surface area contributed by atoms with Crippen LogP contribution in [0.15, 0.2) is 47.1 Å². The van der Waals surface area contributed by atoms with Gasteiger partial charge in [0.15, 0.2) is 0 Å². The van der Waals surface area contributed by atoms with E-state index in [1.807, 2.05) is 24.3 Å². The Bertz CT molecular complexity index is 579. The van der Waals surface area contributed by atoms with Crippen molar-refractivity contribution in [2.24, 2.45) is 0 Å². The van der Waals surface area contributed by atoms with Crippen LogP contribution in [0.3, 0.4) is 0 Å². The normalized spacial score (nSPS) is 28.5. The third-order valence-electron chi connectivity index (χ3n) is 3.59. The molecular weight excluding hydrogens is 288 g/mol. The predicted octanol–water partition coefficient (Wildman–Crippen LogP) is 0.688. The van der Waals surface area contributed by atoms with Crippen LogP contribution < -0.4 is 4.74 Å². The minimum atomic E-state index is -1.30. The molecule has 0 bridgehead atoms. The molecule has 0 aliphatic carbocycles. The van der Waals surface area contributed by atoms with E-state index in [9.17, 15) is 15.3 Å². The summed E-state index contributed by atoms with van der Waals surface area (Å²) in [5.74, 6) is 1.38. The number of hydrogen-bond donors (Lipinski definition) is 3. The van der Waals surface area contributed by atoms with Gasteiger partial charge in [0.1, 0.15) is 29.8 Å². The molecule has 0 unspecified atom stereocenters. The zero-order chi connectivity index (χ0) is 15.5. The summed E-state index contributed by atoms with van der Waals surface area (Å²) in [6.07, 6.45) is -2.38. The maximum atomic E-state index is 9.82. The Morgan fingerprint density at radius 3 is 2.50 bits per heavy atom. The molecule has 1 aliphatic rings. The Balaban J connectivity index is 1.61. The van der Waals surface area contributed by atoms with Gasteiger partial charge < -0.3 is 29.2 Å². The minimum absolute atomic E-state index is 0.0839. The first-order valence-electron chi connectivity index (χ1n) is 7.07. The summed E-state index contributed by atoms with van der Waals surface area (Å²) in [5.41, 5.74) is 1.06. The summed E-state index contributed by atoms with van der Waals surface area (Å²) in [7, 11) is 0. The van der Waals surface area contributed by atoms with Crippen molar-refractivity contribution in [2.75, 3.05) is 6.61 Å². The Morgan fingerprint density at radius 1 is 1.05 bits per heavy atom. The van der Waals surface area contributed by atoms with Crippen LogP contribution in [-0.2, 0) is 11.2 Å². The zero-order valence-electron chi connectivity index (χ0n) is 11.8. The number of hydrogen-bond acceptors (Lipinski definition) is 6. The molecule has 0 spiro atoms. The number of aliphatic hydroxyl groups is 3. The number of rotatable bonds is 4. The van der Waals surface area contributed by atoms with Gasteiger partial charge in [-0.15, -0.1) is 0 Å². The van der Waals surface area contributed by atoms with E-state index in [1.165, 1.54) is 0 Å². The van der Waals surface area contributed by atoms with Gasteiger partial charge in [0.2, 0.25) is 6.29 Å². The molecule has 1 aliphatic heterocycles. The standard InChI is InChI=1S/C16H18O6/c17-13-9-21-16(15(19)14(13)18)22-11-5-3-10(4-6-11)8-12-2-1-7-20-12/h1-7,13-19H,8-9H2/t13-,14-,15+,16-/m0/s1. The first kappa shape index (κ1) is 15.1. The smallest absolute Gasteiger partial charge is 0.228 e. The van der Waals surface area contributed by atoms with E-state index in [0.29, 0.717) is 12.2 Å². The highest BCUT2D eigenvalue weighted by Crippen LogP contribution is 2.21. The highest BCUT2D eigenvalue weighted by Gasteiger charge is 2.38. The minimum Gasteiger partial charge on any atom is -0.469 e. The molecule has 3 N–H and O–H groups in total. The van der Waals surface area contributed by atoms with Crippen molar-refractivity contribution in [3.63, 3.8) is 0 Å². The van der Waals surface area contributed by atoms with Crippen LogP contribution in [0.5, 0.6) is 5.75 Å². The molecule has 1 fully saturated rings. The summed E-state index contributed by atoms with van der Waals surface area (Å²) < 4.78 is 16.0. The molecule has 0 radical (unpaired) electrons. The molecule has 0 amide bonds. The van der Waals surface area contributed by atoms with Gasteiger partial charge in [0.05, 0.1) is 12.9 Å². The summed E-state index contributed by atoms with van der Waals surface area (Å²) in [5, 5.41) is 28.8. The van der Waals surface area contributed by atoms with Crippen LogP contribution >= 0.6 is 0 Å². The summed E-state index contributed by atoms with van der Waals surface area (Å²) in [6, 6.07) is 11.0. The maximum absolute atomic E-state index is 9.82. The average Bonchev–Trinajstić information content (AvgIpc) is 3.03. The number of ether oxygens (including phenoxy) is 2. The predicted molar refractivity (Wildman–Crippen MR) is 76.3 cm³/mol. The molecule has 4 atom stereocenters. The Hall–Kier alpha value is -1.86.